The average molecular weight is 292 g/mol. The zero-order valence-corrected chi connectivity index (χ0v) is 13.3. The second kappa shape index (κ2) is 7.08. The van der Waals surface area contributed by atoms with E-state index in [4.69, 9.17) is 0 Å². The van der Waals surface area contributed by atoms with Crippen LogP contribution in [0.2, 0.25) is 0 Å². The number of hydrogen-bond acceptors (Lipinski definition) is 4. The highest BCUT2D eigenvalue weighted by molar-refractivity contribution is 7.98. The molecular formula is C15H20N2S2. The monoisotopic (exact) mass is 292 g/mol. The van der Waals surface area contributed by atoms with Crippen molar-refractivity contribution in [3.05, 3.63) is 45.9 Å². The number of nitrogens with zero attached hydrogens (tertiary/aromatic N) is 1. The minimum Gasteiger partial charge on any atom is -0.304 e. The van der Waals surface area contributed by atoms with Crippen molar-refractivity contribution in [2.45, 2.75) is 31.2 Å². The van der Waals surface area contributed by atoms with Crippen LogP contribution in [-0.2, 0) is 0 Å². The third kappa shape index (κ3) is 3.81. The van der Waals surface area contributed by atoms with E-state index in [0.717, 1.165) is 23.7 Å². The minimum atomic E-state index is 0.217. The molecule has 0 aliphatic carbocycles. The fraction of sp³-hybridized carbons (Fsp3) is 0.400. The maximum absolute atomic E-state index is 4.63. The number of hydrogen-bond donors (Lipinski definition) is 1. The lowest BCUT2D eigenvalue weighted by atomic mass is 10.1. The van der Waals surface area contributed by atoms with Gasteiger partial charge in [0.15, 0.2) is 0 Å². The number of thiazole rings is 1. The predicted octanol–water partition coefficient (Wildman–Crippen LogP) is 4.26. The largest absolute Gasteiger partial charge is 0.304 e. The van der Waals surface area contributed by atoms with Gasteiger partial charge in [0.1, 0.15) is 5.01 Å². The van der Waals surface area contributed by atoms with Crippen LogP contribution in [0.15, 0.2) is 34.5 Å². The van der Waals surface area contributed by atoms with Gasteiger partial charge < -0.3 is 5.32 Å². The molecule has 1 aromatic heterocycles. The Balaban J connectivity index is 2.25. The van der Waals surface area contributed by atoms with Crippen molar-refractivity contribution < 1.29 is 0 Å². The first-order valence-corrected chi connectivity index (χ1v) is 8.64. The first-order valence-electron chi connectivity index (χ1n) is 6.54. The lowest BCUT2D eigenvalue weighted by molar-refractivity contribution is 0.595. The summed E-state index contributed by atoms with van der Waals surface area (Å²) in [7, 11) is 0. The molecule has 1 N–H and O–H groups in total. The first kappa shape index (κ1) is 14.6. The van der Waals surface area contributed by atoms with Gasteiger partial charge in [0.25, 0.3) is 0 Å². The van der Waals surface area contributed by atoms with Crippen molar-refractivity contribution in [1.82, 2.24) is 10.3 Å². The normalized spacial score (nSPS) is 12.6. The van der Waals surface area contributed by atoms with Crippen LogP contribution < -0.4 is 5.32 Å². The highest BCUT2D eigenvalue weighted by Gasteiger charge is 2.16. The summed E-state index contributed by atoms with van der Waals surface area (Å²) >= 11 is 3.51. The molecule has 1 aromatic carbocycles. The molecule has 102 valence electrons. The van der Waals surface area contributed by atoms with Crippen molar-refractivity contribution in [2.24, 2.45) is 0 Å². The topological polar surface area (TPSA) is 24.9 Å². The Morgan fingerprint density at radius 3 is 2.58 bits per heavy atom. The average Bonchev–Trinajstić information content (AvgIpc) is 2.86. The molecule has 0 saturated heterocycles. The molecule has 2 nitrogen and oxygen atoms in total. The summed E-state index contributed by atoms with van der Waals surface area (Å²) in [5, 5.41) is 6.87. The highest BCUT2D eigenvalue weighted by atomic mass is 32.2. The van der Waals surface area contributed by atoms with Gasteiger partial charge in [-0.15, -0.1) is 23.1 Å². The van der Waals surface area contributed by atoms with Gasteiger partial charge in [0.2, 0.25) is 0 Å². The van der Waals surface area contributed by atoms with Crippen molar-refractivity contribution in [2.75, 3.05) is 12.8 Å². The number of rotatable bonds is 6. The van der Waals surface area contributed by atoms with Crippen molar-refractivity contribution in [3.63, 3.8) is 0 Å². The molecule has 1 unspecified atom stereocenters. The van der Waals surface area contributed by atoms with E-state index in [1.165, 1.54) is 10.5 Å². The summed E-state index contributed by atoms with van der Waals surface area (Å²) in [5.41, 5.74) is 2.39. The van der Waals surface area contributed by atoms with Crippen molar-refractivity contribution in [1.29, 1.82) is 0 Å². The second-order valence-electron chi connectivity index (χ2n) is 4.49. The highest BCUT2D eigenvalue weighted by Crippen LogP contribution is 2.26. The molecule has 0 saturated carbocycles. The van der Waals surface area contributed by atoms with Crippen LogP contribution in [0.3, 0.4) is 0 Å². The number of aryl methyl sites for hydroxylation is 1. The number of benzene rings is 1. The van der Waals surface area contributed by atoms with Gasteiger partial charge in [-0.05, 0) is 43.8 Å². The Labute approximate surface area is 123 Å². The molecule has 0 spiro atoms. The lowest BCUT2D eigenvalue weighted by Gasteiger charge is -2.17. The standard InChI is InChI=1S/C15H20N2S2/c1-4-9-16-14(15-17-11(2)10-19-15)12-5-7-13(18-3)8-6-12/h5-8,10,14,16H,4,9H2,1-3H3. The van der Waals surface area contributed by atoms with E-state index in [1.807, 2.05) is 6.92 Å². The Morgan fingerprint density at radius 1 is 1.32 bits per heavy atom. The first-order chi connectivity index (χ1) is 9.24. The van der Waals surface area contributed by atoms with Gasteiger partial charge >= 0.3 is 0 Å². The molecule has 1 heterocycles. The van der Waals surface area contributed by atoms with Crippen molar-refractivity contribution in [3.8, 4) is 0 Å². The molecular weight excluding hydrogens is 272 g/mol. The van der Waals surface area contributed by atoms with Gasteiger partial charge in [-0.2, -0.15) is 0 Å². The van der Waals surface area contributed by atoms with E-state index >= 15 is 0 Å². The molecule has 4 heteroatoms. The third-order valence-corrected chi connectivity index (χ3v) is 4.70. The molecule has 0 radical (unpaired) electrons. The van der Waals surface area contributed by atoms with Gasteiger partial charge in [-0.1, -0.05) is 19.1 Å². The predicted molar refractivity (Wildman–Crippen MR) is 85.2 cm³/mol. The number of aromatic nitrogens is 1. The number of thioether (sulfide) groups is 1. The summed E-state index contributed by atoms with van der Waals surface area (Å²) in [6.07, 6.45) is 3.23. The Morgan fingerprint density at radius 2 is 2.05 bits per heavy atom. The van der Waals surface area contributed by atoms with Gasteiger partial charge in [0.05, 0.1) is 6.04 Å². The van der Waals surface area contributed by atoms with Crippen LogP contribution in [0, 0.1) is 6.92 Å². The van der Waals surface area contributed by atoms with E-state index in [9.17, 15) is 0 Å². The summed E-state index contributed by atoms with van der Waals surface area (Å²) in [4.78, 5) is 5.93. The van der Waals surface area contributed by atoms with Crippen LogP contribution in [0.1, 0.15) is 35.7 Å². The maximum atomic E-state index is 4.63. The molecule has 0 bridgehead atoms. The minimum absolute atomic E-state index is 0.217. The van der Waals surface area contributed by atoms with Crippen molar-refractivity contribution >= 4 is 23.1 Å². The Bertz CT molecular complexity index is 505. The van der Waals surface area contributed by atoms with Crippen LogP contribution in [0.5, 0.6) is 0 Å². The zero-order valence-electron chi connectivity index (χ0n) is 11.6. The summed E-state index contributed by atoms with van der Waals surface area (Å²) < 4.78 is 0. The van der Waals surface area contributed by atoms with Crippen LogP contribution in [0.25, 0.3) is 0 Å². The Kier molecular flexibility index (Phi) is 5.43. The quantitative estimate of drug-likeness (QED) is 0.805. The molecule has 0 aliphatic rings. The van der Waals surface area contributed by atoms with E-state index in [1.54, 1.807) is 23.1 Å². The molecule has 0 amide bonds. The van der Waals surface area contributed by atoms with Gasteiger partial charge in [0, 0.05) is 16.0 Å². The third-order valence-electron chi connectivity index (χ3n) is 2.93. The summed E-state index contributed by atoms with van der Waals surface area (Å²) in [6, 6.07) is 8.99. The van der Waals surface area contributed by atoms with Crippen LogP contribution in [-0.4, -0.2) is 17.8 Å². The smallest absolute Gasteiger partial charge is 0.114 e. The van der Waals surface area contributed by atoms with E-state index in [-0.39, 0.29) is 6.04 Å². The molecule has 19 heavy (non-hydrogen) atoms. The van der Waals surface area contributed by atoms with Crippen LogP contribution in [0.4, 0.5) is 0 Å². The molecule has 2 aromatic rings. The van der Waals surface area contributed by atoms with Crippen LogP contribution >= 0.6 is 23.1 Å². The van der Waals surface area contributed by atoms with E-state index in [2.05, 4.69) is 53.1 Å². The molecule has 0 fully saturated rings. The zero-order chi connectivity index (χ0) is 13.7. The number of nitrogens with one attached hydrogen (secondary N) is 1. The van der Waals surface area contributed by atoms with E-state index in [0.29, 0.717) is 0 Å². The SMILES string of the molecule is CCCNC(c1ccc(SC)cc1)c1nc(C)cs1. The lowest BCUT2D eigenvalue weighted by Crippen LogP contribution is -2.23. The molecule has 1 atom stereocenters. The summed E-state index contributed by atoms with van der Waals surface area (Å²) in [5.74, 6) is 0. The maximum Gasteiger partial charge on any atom is 0.114 e. The van der Waals surface area contributed by atoms with Gasteiger partial charge in [-0.3, -0.25) is 0 Å². The fourth-order valence-corrected chi connectivity index (χ4v) is 3.24. The van der Waals surface area contributed by atoms with E-state index < -0.39 is 0 Å². The fourth-order valence-electron chi connectivity index (χ4n) is 1.94. The molecule has 0 aliphatic heterocycles. The Hall–Kier alpha value is -0.840. The summed E-state index contributed by atoms with van der Waals surface area (Å²) in [6.45, 7) is 5.25. The molecule has 2 rings (SSSR count). The van der Waals surface area contributed by atoms with Gasteiger partial charge in [-0.25, -0.2) is 4.98 Å². The second-order valence-corrected chi connectivity index (χ2v) is 6.26.